The first-order valence-corrected chi connectivity index (χ1v) is 11.4. The quantitative estimate of drug-likeness (QED) is 0.429. The topological polar surface area (TPSA) is 83.3 Å². The number of benzene rings is 1. The van der Waals surface area contributed by atoms with Crippen molar-refractivity contribution in [3.63, 3.8) is 0 Å². The van der Waals surface area contributed by atoms with Gasteiger partial charge >= 0.3 is 5.97 Å². The van der Waals surface area contributed by atoms with Crippen LogP contribution in [0.2, 0.25) is 0 Å². The Morgan fingerprint density at radius 2 is 2.00 bits per heavy atom. The molecule has 0 unspecified atom stereocenters. The van der Waals surface area contributed by atoms with Crippen LogP contribution in [0, 0.1) is 11.3 Å². The standard InChI is InChI=1S/C23H27N3O4S/c1-23(2,3)15-9-10-17-18(13-15)31-21-20(17)22(28)26(25-24-21)14-19(27)30-12-11-29-16-7-5-4-6-8-16/h4-8,15H,9-14H2,1-3H3/t15-/m0/s1. The summed E-state index contributed by atoms with van der Waals surface area (Å²) >= 11 is 1.56. The van der Waals surface area contributed by atoms with Crippen molar-refractivity contribution >= 4 is 27.5 Å². The average molecular weight is 442 g/mol. The lowest BCUT2D eigenvalue weighted by Crippen LogP contribution is -2.30. The second-order valence-electron chi connectivity index (χ2n) is 8.92. The molecule has 8 heteroatoms. The number of hydrogen-bond donors (Lipinski definition) is 0. The first-order valence-electron chi connectivity index (χ1n) is 10.5. The Kier molecular flexibility index (Phi) is 6.09. The number of para-hydroxylation sites is 1. The van der Waals surface area contributed by atoms with Crippen molar-refractivity contribution in [1.29, 1.82) is 0 Å². The van der Waals surface area contributed by atoms with Gasteiger partial charge in [-0.1, -0.05) is 44.2 Å². The van der Waals surface area contributed by atoms with Gasteiger partial charge in [0.2, 0.25) is 0 Å². The Morgan fingerprint density at radius 1 is 1.23 bits per heavy atom. The third kappa shape index (κ3) is 4.79. The van der Waals surface area contributed by atoms with Gasteiger partial charge in [-0.2, -0.15) is 4.68 Å². The Morgan fingerprint density at radius 3 is 2.74 bits per heavy atom. The molecule has 4 rings (SSSR count). The Bertz CT molecular complexity index is 1130. The van der Waals surface area contributed by atoms with Gasteiger partial charge in [0.15, 0.2) is 4.83 Å². The zero-order chi connectivity index (χ0) is 22.0. The lowest BCUT2D eigenvalue weighted by Gasteiger charge is -2.33. The van der Waals surface area contributed by atoms with Crippen molar-refractivity contribution in [3.05, 3.63) is 51.1 Å². The van der Waals surface area contributed by atoms with Crippen molar-refractivity contribution in [1.82, 2.24) is 15.0 Å². The van der Waals surface area contributed by atoms with Crippen molar-refractivity contribution in [2.24, 2.45) is 11.3 Å². The molecule has 2 aromatic heterocycles. The van der Waals surface area contributed by atoms with E-state index < -0.39 is 5.97 Å². The average Bonchev–Trinajstić information content (AvgIpc) is 3.12. The predicted octanol–water partition coefficient (Wildman–Crippen LogP) is 3.63. The first-order chi connectivity index (χ1) is 14.8. The largest absolute Gasteiger partial charge is 0.490 e. The van der Waals surface area contributed by atoms with Gasteiger partial charge in [0.05, 0.1) is 5.39 Å². The van der Waals surface area contributed by atoms with Gasteiger partial charge in [-0.15, -0.1) is 16.4 Å². The molecule has 0 spiro atoms. The number of carbonyl (C=O) groups excluding carboxylic acids is 1. The summed E-state index contributed by atoms with van der Waals surface area (Å²) in [5.41, 5.74) is 1.04. The molecule has 3 aromatic rings. The van der Waals surface area contributed by atoms with Crippen LogP contribution in [-0.2, 0) is 28.9 Å². The molecule has 0 saturated carbocycles. The Labute approximate surface area is 185 Å². The minimum absolute atomic E-state index is 0.0974. The van der Waals surface area contributed by atoms with E-state index in [1.54, 1.807) is 11.3 Å². The third-order valence-corrected chi connectivity index (χ3v) is 6.94. The molecule has 1 aliphatic rings. The van der Waals surface area contributed by atoms with Gasteiger partial charge in [0, 0.05) is 4.88 Å². The highest BCUT2D eigenvalue weighted by atomic mass is 32.1. The fraction of sp³-hybridized carbons (Fsp3) is 0.478. The summed E-state index contributed by atoms with van der Waals surface area (Å²) in [4.78, 5) is 27.1. The van der Waals surface area contributed by atoms with Crippen LogP contribution in [0.25, 0.3) is 10.2 Å². The number of esters is 1. The van der Waals surface area contributed by atoms with E-state index in [1.165, 1.54) is 4.88 Å². The Hall–Kier alpha value is -2.74. The van der Waals surface area contributed by atoms with Crippen molar-refractivity contribution in [2.75, 3.05) is 13.2 Å². The summed E-state index contributed by atoms with van der Waals surface area (Å²) in [6.45, 7) is 6.86. The number of ether oxygens (including phenoxy) is 2. The molecule has 31 heavy (non-hydrogen) atoms. The molecule has 0 radical (unpaired) electrons. The molecule has 7 nitrogen and oxygen atoms in total. The van der Waals surface area contributed by atoms with E-state index in [4.69, 9.17) is 9.47 Å². The van der Waals surface area contributed by atoms with Gasteiger partial charge in [0.1, 0.15) is 25.5 Å². The van der Waals surface area contributed by atoms with Crippen molar-refractivity contribution < 1.29 is 14.3 Å². The minimum Gasteiger partial charge on any atom is -0.490 e. The van der Waals surface area contributed by atoms with Gasteiger partial charge in [-0.05, 0) is 48.3 Å². The fourth-order valence-corrected chi connectivity index (χ4v) is 5.20. The van der Waals surface area contributed by atoms with E-state index in [0.29, 0.717) is 21.9 Å². The van der Waals surface area contributed by atoms with Crippen LogP contribution in [0.15, 0.2) is 35.1 Å². The van der Waals surface area contributed by atoms with Crippen LogP contribution < -0.4 is 10.3 Å². The van der Waals surface area contributed by atoms with Crippen LogP contribution in [0.1, 0.15) is 37.6 Å². The zero-order valence-corrected chi connectivity index (χ0v) is 18.9. The Balaban J connectivity index is 1.41. The molecule has 2 heterocycles. The second kappa shape index (κ2) is 8.78. The van der Waals surface area contributed by atoms with Gasteiger partial charge in [-0.3, -0.25) is 9.59 Å². The van der Waals surface area contributed by atoms with Crippen molar-refractivity contribution in [2.45, 2.75) is 46.6 Å². The lowest BCUT2D eigenvalue weighted by molar-refractivity contribution is -0.145. The number of fused-ring (bicyclic) bond motifs is 3. The summed E-state index contributed by atoms with van der Waals surface area (Å²) in [6, 6.07) is 9.30. The highest BCUT2D eigenvalue weighted by Gasteiger charge is 2.32. The molecule has 0 amide bonds. The normalized spacial score (nSPS) is 16.2. The molecule has 1 aliphatic carbocycles. The maximum absolute atomic E-state index is 13.0. The number of rotatable bonds is 6. The lowest BCUT2D eigenvalue weighted by atomic mass is 9.72. The zero-order valence-electron chi connectivity index (χ0n) is 18.1. The summed E-state index contributed by atoms with van der Waals surface area (Å²) in [5.74, 6) is 0.752. The maximum atomic E-state index is 13.0. The molecule has 1 aromatic carbocycles. The molecule has 0 aliphatic heterocycles. The molecule has 0 N–H and O–H groups in total. The summed E-state index contributed by atoms with van der Waals surface area (Å²) in [5, 5.41) is 8.80. The smallest absolute Gasteiger partial charge is 0.328 e. The number of aromatic nitrogens is 3. The van der Waals surface area contributed by atoms with E-state index in [1.807, 2.05) is 30.3 Å². The van der Waals surface area contributed by atoms with E-state index >= 15 is 0 Å². The number of aryl methyl sites for hydroxylation is 1. The van der Waals surface area contributed by atoms with E-state index in [-0.39, 0.29) is 30.7 Å². The van der Waals surface area contributed by atoms with Gasteiger partial charge in [0.25, 0.3) is 5.56 Å². The fourth-order valence-electron chi connectivity index (χ4n) is 3.97. The summed E-state index contributed by atoms with van der Waals surface area (Å²) in [6.07, 6.45) is 2.87. The molecular formula is C23H27N3O4S. The van der Waals surface area contributed by atoms with Crippen LogP contribution in [0.5, 0.6) is 5.75 Å². The molecule has 0 fully saturated rings. The highest BCUT2D eigenvalue weighted by molar-refractivity contribution is 7.18. The molecule has 0 saturated heterocycles. The van der Waals surface area contributed by atoms with Gasteiger partial charge < -0.3 is 9.47 Å². The minimum atomic E-state index is -0.538. The highest BCUT2D eigenvalue weighted by Crippen LogP contribution is 2.41. The monoisotopic (exact) mass is 441 g/mol. The SMILES string of the molecule is CC(C)(C)[C@H]1CCc2c(sc3nnn(CC(=O)OCCOc4ccccc4)c(=O)c23)C1. The number of carbonyl (C=O) groups is 1. The summed E-state index contributed by atoms with van der Waals surface area (Å²) in [7, 11) is 0. The number of hydrogen-bond acceptors (Lipinski definition) is 7. The second-order valence-corrected chi connectivity index (χ2v) is 10.0. The van der Waals surface area contributed by atoms with Crippen LogP contribution >= 0.6 is 11.3 Å². The van der Waals surface area contributed by atoms with Crippen LogP contribution in [0.4, 0.5) is 0 Å². The maximum Gasteiger partial charge on any atom is 0.328 e. The van der Waals surface area contributed by atoms with Crippen molar-refractivity contribution in [3.8, 4) is 5.75 Å². The first kappa shape index (κ1) is 21.5. The molecule has 1 atom stereocenters. The predicted molar refractivity (Wildman–Crippen MR) is 120 cm³/mol. The van der Waals surface area contributed by atoms with Crippen LogP contribution in [0.3, 0.4) is 0 Å². The van der Waals surface area contributed by atoms with Gasteiger partial charge in [-0.25, -0.2) is 0 Å². The van der Waals surface area contributed by atoms with E-state index in [2.05, 4.69) is 31.1 Å². The molecule has 0 bridgehead atoms. The molecule has 164 valence electrons. The van der Waals surface area contributed by atoms with E-state index in [0.717, 1.165) is 29.5 Å². The summed E-state index contributed by atoms with van der Waals surface area (Å²) < 4.78 is 11.8. The number of nitrogens with zero attached hydrogens (tertiary/aromatic N) is 3. The molecular weight excluding hydrogens is 414 g/mol. The van der Waals surface area contributed by atoms with Crippen LogP contribution in [-0.4, -0.2) is 34.2 Å². The third-order valence-electron chi connectivity index (χ3n) is 5.80. The number of thiophene rings is 1. The van der Waals surface area contributed by atoms with E-state index in [9.17, 15) is 9.59 Å².